The Morgan fingerprint density at radius 1 is 0.900 bits per heavy atom. The lowest BCUT2D eigenvalue weighted by atomic mass is 9.73. The molecular weight excluding hydrogens is 240 g/mol. The second-order valence-electron chi connectivity index (χ2n) is 7.47. The maximum Gasteiger partial charge on any atom is -0.0162 e. The van der Waals surface area contributed by atoms with Gasteiger partial charge in [-0.05, 0) is 61.8 Å². The fourth-order valence-corrected chi connectivity index (χ4v) is 3.69. The molecule has 0 heterocycles. The summed E-state index contributed by atoms with van der Waals surface area (Å²) < 4.78 is 0. The van der Waals surface area contributed by atoms with E-state index in [2.05, 4.69) is 52.0 Å². The first-order valence-corrected chi connectivity index (χ1v) is 8.62. The molecule has 0 bridgehead atoms. The summed E-state index contributed by atoms with van der Waals surface area (Å²) in [6, 6.07) is 9.24. The van der Waals surface area contributed by atoms with E-state index in [9.17, 15) is 0 Å². The second-order valence-corrected chi connectivity index (χ2v) is 7.47. The van der Waals surface area contributed by atoms with Crippen LogP contribution in [0.3, 0.4) is 0 Å². The average Bonchev–Trinajstić information content (AvgIpc) is 2.46. The van der Waals surface area contributed by atoms with Gasteiger partial charge in [0.2, 0.25) is 0 Å². The highest BCUT2D eigenvalue weighted by molar-refractivity contribution is 5.24. The van der Waals surface area contributed by atoms with Crippen LogP contribution in [0, 0.1) is 24.7 Å². The molecule has 0 aliphatic heterocycles. The van der Waals surface area contributed by atoms with E-state index in [1.54, 1.807) is 5.56 Å². The summed E-state index contributed by atoms with van der Waals surface area (Å²) in [5.41, 5.74) is 2.95. The third-order valence-corrected chi connectivity index (χ3v) is 5.32. The van der Waals surface area contributed by atoms with Gasteiger partial charge in [-0.1, -0.05) is 63.4 Å². The van der Waals surface area contributed by atoms with Gasteiger partial charge in [0.15, 0.2) is 0 Å². The van der Waals surface area contributed by atoms with Gasteiger partial charge in [0.05, 0.1) is 0 Å². The van der Waals surface area contributed by atoms with Crippen molar-refractivity contribution in [3.05, 3.63) is 35.4 Å². The minimum Gasteiger partial charge on any atom is -0.0628 e. The molecule has 2 rings (SSSR count). The van der Waals surface area contributed by atoms with E-state index >= 15 is 0 Å². The van der Waals surface area contributed by atoms with Crippen LogP contribution < -0.4 is 0 Å². The lowest BCUT2D eigenvalue weighted by Gasteiger charge is -2.33. The van der Waals surface area contributed by atoms with Gasteiger partial charge < -0.3 is 0 Å². The van der Waals surface area contributed by atoms with E-state index in [4.69, 9.17) is 0 Å². The predicted molar refractivity (Wildman–Crippen MR) is 89.1 cm³/mol. The van der Waals surface area contributed by atoms with Crippen LogP contribution >= 0.6 is 0 Å². The van der Waals surface area contributed by atoms with Gasteiger partial charge in [0.1, 0.15) is 0 Å². The molecule has 0 N–H and O–H groups in total. The Hall–Kier alpha value is -0.780. The molecule has 1 atom stereocenters. The zero-order chi connectivity index (χ0) is 14.5. The van der Waals surface area contributed by atoms with E-state index < -0.39 is 0 Å². The normalized spacial score (nSPS) is 24.9. The Morgan fingerprint density at radius 2 is 1.50 bits per heavy atom. The van der Waals surface area contributed by atoms with Crippen molar-refractivity contribution in [1.29, 1.82) is 0 Å². The van der Waals surface area contributed by atoms with E-state index in [0.29, 0.717) is 0 Å². The standard InChI is InChI=1S/C20H32/c1-15(2)5-8-17(4)18-11-13-20(14-12-18)19-9-6-16(3)7-10-19/h6-7,9-10,15,17-18,20H,5,8,11-14H2,1-4H3. The first-order chi connectivity index (χ1) is 9.56. The molecule has 0 aromatic heterocycles. The Labute approximate surface area is 126 Å². The molecule has 1 fully saturated rings. The zero-order valence-corrected chi connectivity index (χ0v) is 13.9. The van der Waals surface area contributed by atoms with Crippen LogP contribution in [-0.4, -0.2) is 0 Å². The fraction of sp³-hybridized carbons (Fsp3) is 0.700. The van der Waals surface area contributed by atoms with Crippen LogP contribution in [0.4, 0.5) is 0 Å². The highest BCUT2D eigenvalue weighted by Gasteiger charge is 2.25. The molecule has 1 unspecified atom stereocenters. The maximum absolute atomic E-state index is 2.49. The second kappa shape index (κ2) is 7.29. The van der Waals surface area contributed by atoms with Crippen molar-refractivity contribution in [3.63, 3.8) is 0 Å². The quantitative estimate of drug-likeness (QED) is 0.586. The number of hydrogen-bond donors (Lipinski definition) is 0. The third kappa shape index (κ3) is 4.36. The fourth-order valence-electron chi connectivity index (χ4n) is 3.69. The molecule has 0 spiro atoms. The molecule has 112 valence electrons. The van der Waals surface area contributed by atoms with Crippen molar-refractivity contribution in [1.82, 2.24) is 0 Å². The summed E-state index contributed by atoms with van der Waals surface area (Å²) in [5, 5.41) is 0. The molecule has 0 amide bonds. The molecule has 1 aromatic carbocycles. The van der Waals surface area contributed by atoms with Gasteiger partial charge in [-0.3, -0.25) is 0 Å². The molecule has 1 aliphatic rings. The molecule has 0 nitrogen and oxygen atoms in total. The van der Waals surface area contributed by atoms with E-state index in [-0.39, 0.29) is 0 Å². The van der Waals surface area contributed by atoms with Crippen molar-refractivity contribution in [2.24, 2.45) is 17.8 Å². The average molecular weight is 272 g/mol. The van der Waals surface area contributed by atoms with Crippen LogP contribution in [0.25, 0.3) is 0 Å². The predicted octanol–water partition coefficient (Wildman–Crippen LogP) is 6.34. The van der Waals surface area contributed by atoms with Gasteiger partial charge in [0, 0.05) is 0 Å². The highest BCUT2D eigenvalue weighted by atomic mass is 14.3. The summed E-state index contributed by atoms with van der Waals surface area (Å²) >= 11 is 0. The van der Waals surface area contributed by atoms with Gasteiger partial charge in [-0.2, -0.15) is 0 Å². The Balaban J connectivity index is 1.81. The van der Waals surface area contributed by atoms with Crippen molar-refractivity contribution in [3.8, 4) is 0 Å². The Morgan fingerprint density at radius 3 is 2.05 bits per heavy atom. The number of rotatable bonds is 5. The van der Waals surface area contributed by atoms with Crippen molar-refractivity contribution >= 4 is 0 Å². The van der Waals surface area contributed by atoms with Gasteiger partial charge >= 0.3 is 0 Å². The topological polar surface area (TPSA) is 0 Å². The monoisotopic (exact) mass is 272 g/mol. The minimum absolute atomic E-state index is 0.823. The van der Waals surface area contributed by atoms with Crippen LogP contribution in [0.15, 0.2) is 24.3 Å². The largest absolute Gasteiger partial charge is 0.0628 e. The summed E-state index contributed by atoms with van der Waals surface area (Å²) in [4.78, 5) is 0. The van der Waals surface area contributed by atoms with Crippen LogP contribution in [-0.2, 0) is 0 Å². The van der Waals surface area contributed by atoms with Crippen LogP contribution in [0.1, 0.15) is 76.3 Å². The molecule has 0 saturated heterocycles. The van der Waals surface area contributed by atoms with E-state index in [1.165, 1.54) is 44.1 Å². The number of benzene rings is 1. The summed E-state index contributed by atoms with van der Waals surface area (Å²) in [6.07, 6.45) is 8.52. The SMILES string of the molecule is Cc1ccc(C2CCC(C(C)CCC(C)C)CC2)cc1. The van der Waals surface area contributed by atoms with Gasteiger partial charge in [-0.15, -0.1) is 0 Å². The Bertz CT molecular complexity index is 379. The molecule has 1 saturated carbocycles. The Kier molecular flexibility index (Phi) is 5.69. The maximum atomic E-state index is 2.49. The third-order valence-electron chi connectivity index (χ3n) is 5.32. The molecule has 1 aromatic rings. The minimum atomic E-state index is 0.823. The van der Waals surface area contributed by atoms with Crippen molar-refractivity contribution in [2.75, 3.05) is 0 Å². The zero-order valence-electron chi connectivity index (χ0n) is 13.9. The first-order valence-electron chi connectivity index (χ1n) is 8.62. The molecule has 0 heteroatoms. The molecule has 20 heavy (non-hydrogen) atoms. The highest BCUT2D eigenvalue weighted by Crippen LogP contribution is 2.40. The number of aryl methyl sites for hydroxylation is 1. The smallest absolute Gasteiger partial charge is 0.0162 e. The van der Waals surface area contributed by atoms with Gasteiger partial charge in [-0.25, -0.2) is 0 Å². The number of hydrogen-bond acceptors (Lipinski definition) is 0. The summed E-state index contributed by atoms with van der Waals surface area (Å²) in [6.45, 7) is 9.36. The summed E-state index contributed by atoms with van der Waals surface area (Å²) in [7, 11) is 0. The lowest BCUT2D eigenvalue weighted by Crippen LogP contribution is -2.19. The van der Waals surface area contributed by atoms with Crippen LogP contribution in [0.5, 0.6) is 0 Å². The lowest BCUT2D eigenvalue weighted by molar-refractivity contribution is 0.227. The van der Waals surface area contributed by atoms with Gasteiger partial charge in [0.25, 0.3) is 0 Å². The molecule has 0 radical (unpaired) electrons. The summed E-state index contributed by atoms with van der Waals surface area (Å²) in [5.74, 6) is 3.59. The van der Waals surface area contributed by atoms with Crippen molar-refractivity contribution < 1.29 is 0 Å². The molecule has 1 aliphatic carbocycles. The van der Waals surface area contributed by atoms with Crippen LogP contribution in [0.2, 0.25) is 0 Å². The van der Waals surface area contributed by atoms with E-state index in [0.717, 1.165) is 23.7 Å². The molecular formula is C20H32. The first kappa shape index (κ1) is 15.6. The van der Waals surface area contributed by atoms with Crippen molar-refractivity contribution in [2.45, 2.75) is 72.1 Å². The van der Waals surface area contributed by atoms with E-state index in [1.807, 2.05) is 0 Å².